The van der Waals surface area contributed by atoms with Crippen LogP contribution < -0.4 is 20.7 Å². The van der Waals surface area contributed by atoms with Gasteiger partial charge in [0.2, 0.25) is 17.6 Å². The van der Waals surface area contributed by atoms with Crippen LogP contribution in [-0.4, -0.2) is 117 Å². The Bertz CT molecular complexity index is 1390. The molecule has 2 heterocycles. The Hall–Kier alpha value is -3.63. The number of likely N-dealkylation sites (tertiary alicyclic amines) is 1. The molecule has 2 fully saturated rings. The maximum atomic E-state index is 14.1. The molecule has 0 bridgehead atoms. The highest BCUT2D eigenvalue weighted by atomic mass is 32.1. The van der Waals surface area contributed by atoms with Gasteiger partial charge in [0.1, 0.15) is 29.1 Å². The van der Waals surface area contributed by atoms with Crippen molar-refractivity contribution >= 4 is 35.0 Å². The number of nitrogens with one attached hydrogen (secondary N) is 3. The molecule has 14 nitrogen and oxygen atoms in total. The highest BCUT2D eigenvalue weighted by molar-refractivity contribution is 7.10. The first-order valence-corrected chi connectivity index (χ1v) is 18.4. The van der Waals surface area contributed by atoms with Crippen LogP contribution in [-0.2, 0) is 23.8 Å². The van der Waals surface area contributed by atoms with Crippen LogP contribution in [0.5, 0.6) is 5.75 Å². The zero-order valence-corrected chi connectivity index (χ0v) is 29.8. The zero-order valence-electron chi connectivity index (χ0n) is 29.0. The molecule has 2 aromatic rings. The number of amides is 3. The lowest BCUT2D eigenvalue weighted by Gasteiger charge is -2.35. The number of hydrogen-bond acceptors (Lipinski definition) is 11. The average Bonchev–Trinajstić information content (AvgIpc) is 3.82. The molecule has 1 aromatic heterocycles. The first-order valence-electron chi connectivity index (χ1n) is 17.5. The summed E-state index contributed by atoms with van der Waals surface area (Å²) in [5, 5.41) is 19.2. The van der Waals surface area contributed by atoms with Gasteiger partial charge in [0.15, 0.2) is 0 Å². The van der Waals surface area contributed by atoms with Gasteiger partial charge in [-0.2, -0.15) is 0 Å². The van der Waals surface area contributed by atoms with E-state index in [1.165, 1.54) is 11.3 Å². The van der Waals surface area contributed by atoms with E-state index in [-0.39, 0.29) is 42.7 Å². The van der Waals surface area contributed by atoms with Crippen LogP contribution in [0.15, 0.2) is 29.6 Å². The number of thiazole rings is 1. The molecular weight excluding hydrogens is 666 g/mol. The van der Waals surface area contributed by atoms with Crippen molar-refractivity contribution in [2.45, 2.75) is 70.0 Å². The van der Waals surface area contributed by atoms with Crippen molar-refractivity contribution in [2.24, 2.45) is 5.92 Å². The summed E-state index contributed by atoms with van der Waals surface area (Å²) in [5.74, 6) is 0.181. The van der Waals surface area contributed by atoms with E-state index in [9.17, 15) is 19.2 Å². The fourth-order valence-corrected chi connectivity index (χ4v) is 7.08. The minimum atomic E-state index is -1.08. The maximum absolute atomic E-state index is 14.1. The number of ether oxygens (including phenoxy) is 4. The van der Waals surface area contributed by atoms with E-state index >= 15 is 0 Å². The molecule has 0 radical (unpaired) electrons. The molecule has 50 heavy (non-hydrogen) atoms. The average molecular weight is 718 g/mol. The standard InChI is InChI=1S/C35H51N5O9S/c1-24(36-2)32(42)39-30(25-8-4-3-5-9-25)34(43)40-14-7-12-29(40)33-38-28(23-50-33)31(41)26-10-6-11-27(22-26)49-21-20-48-19-18-47-17-16-46-15-13-37-35(44)45/h6,10-11,22-25,29-30,36-37H,3-5,7-9,12-21H2,1-2H3,(H,39,42)(H,44,45). The summed E-state index contributed by atoms with van der Waals surface area (Å²) >= 11 is 1.39. The normalized spacial score (nSPS) is 17.6. The Kier molecular flexibility index (Phi) is 16.4. The number of ketones is 1. The number of benzene rings is 1. The fourth-order valence-electron chi connectivity index (χ4n) is 6.13. The Balaban J connectivity index is 1.24. The van der Waals surface area contributed by atoms with Crippen molar-refractivity contribution < 1.29 is 43.2 Å². The van der Waals surface area contributed by atoms with Gasteiger partial charge in [-0.25, -0.2) is 9.78 Å². The van der Waals surface area contributed by atoms with Crippen LogP contribution in [0.4, 0.5) is 4.79 Å². The Labute approximate surface area is 297 Å². The SMILES string of the molecule is CNC(C)C(=O)NC(C(=O)N1CCCC1c1nc(C(=O)c2cccc(OCCOCCOCCOCCNC(=O)O)c2)cs1)C1CCCCC1. The largest absolute Gasteiger partial charge is 0.491 e. The van der Waals surface area contributed by atoms with Gasteiger partial charge >= 0.3 is 6.09 Å². The number of likely N-dealkylation sites (N-methyl/N-ethyl adjacent to an activating group) is 1. The smallest absolute Gasteiger partial charge is 0.404 e. The highest BCUT2D eigenvalue weighted by Gasteiger charge is 2.40. The summed E-state index contributed by atoms with van der Waals surface area (Å²) in [5.41, 5.74) is 0.778. The summed E-state index contributed by atoms with van der Waals surface area (Å²) < 4.78 is 22.0. The monoisotopic (exact) mass is 717 g/mol. The minimum Gasteiger partial charge on any atom is -0.491 e. The summed E-state index contributed by atoms with van der Waals surface area (Å²) in [6.07, 6.45) is 5.60. The third kappa shape index (κ3) is 12.0. The van der Waals surface area contributed by atoms with Gasteiger partial charge in [0, 0.05) is 24.0 Å². The Morgan fingerprint density at radius 2 is 1.66 bits per heavy atom. The van der Waals surface area contributed by atoms with E-state index in [0.29, 0.717) is 63.2 Å². The lowest BCUT2D eigenvalue weighted by Crippen LogP contribution is -2.55. The predicted molar refractivity (Wildman–Crippen MR) is 187 cm³/mol. The van der Waals surface area contributed by atoms with Crippen molar-refractivity contribution in [3.05, 3.63) is 45.9 Å². The van der Waals surface area contributed by atoms with E-state index < -0.39 is 18.2 Å². The van der Waals surface area contributed by atoms with Gasteiger partial charge in [0.05, 0.1) is 51.7 Å². The minimum absolute atomic E-state index is 0.0604. The van der Waals surface area contributed by atoms with E-state index in [2.05, 4.69) is 16.0 Å². The lowest BCUT2D eigenvalue weighted by molar-refractivity contribution is -0.139. The predicted octanol–water partition coefficient (Wildman–Crippen LogP) is 3.41. The molecule has 3 unspecified atom stereocenters. The molecule has 4 rings (SSSR count). The van der Waals surface area contributed by atoms with Gasteiger partial charge < -0.3 is 44.9 Å². The van der Waals surface area contributed by atoms with Crippen LogP contribution in [0.1, 0.15) is 79.0 Å². The quantitative estimate of drug-likeness (QED) is 0.110. The van der Waals surface area contributed by atoms with E-state index in [4.69, 9.17) is 29.0 Å². The van der Waals surface area contributed by atoms with Crippen LogP contribution in [0.2, 0.25) is 0 Å². The summed E-state index contributed by atoms with van der Waals surface area (Å²) in [4.78, 5) is 57.3. The van der Waals surface area contributed by atoms with E-state index in [1.54, 1.807) is 43.6 Å². The summed E-state index contributed by atoms with van der Waals surface area (Å²) in [6.45, 7) is 5.02. The van der Waals surface area contributed by atoms with Gasteiger partial charge in [0.25, 0.3) is 0 Å². The van der Waals surface area contributed by atoms with Crippen LogP contribution in [0.25, 0.3) is 0 Å². The zero-order chi connectivity index (χ0) is 35.7. The number of nitrogens with zero attached hydrogens (tertiary/aromatic N) is 2. The molecule has 1 aliphatic carbocycles. The molecule has 2 aliphatic rings. The first kappa shape index (κ1) is 39.2. The van der Waals surface area contributed by atoms with Crippen LogP contribution in [0, 0.1) is 5.92 Å². The van der Waals surface area contributed by atoms with Crippen molar-refractivity contribution in [3.63, 3.8) is 0 Å². The van der Waals surface area contributed by atoms with Gasteiger partial charge in [-0.3, -0.25) is 14.4 Å². The van der Waals surface area contributed by atoms with Crippen molar-refractivity contribution in [1.82, 2.24) is 25.8 Å². The van der Waals surface area contributed by atoms with Gasteiger partial charge in [-0.05, 0) is 57.7 Å². The van der Waals surface area contributed by atoms with Crippen molar-refractivity contribution in [2.75, 3.05) is 66.4 Å². The van der Waals surface area contributed by atoms with Crippen LogP contribution in [0.3, 0.4) is 0 Å². The number of aromatic nitrogens is 1. The molecule has 4 N–H and O–H groups in total. The Morgan fingerprint density at radius 3 is 2.36 bits per heavy atom. The lowest BCUT2D eigenvalue weighted by atomic mass is 9.83. The molecule has 3 amide bonds. The molecule has 0 spiro atoms. The molecule has 1 aromatic carbocycles. The molecule has 276 valence electrons. The molecule has 3 atom stereocenters. The second-order valence-corrected chi connectivity index (χ2v) is 13.3. The molecule has 1 aliphatic heterocycles. The maximum Gasteiger partial charge on any atom is 0.404 e. The topological polar surface area (TPSA) is 178 Å². The Morgan fingerprint density at radius 1 is 0.960 bits per heavy atom. The fraction of sp³-hybridized carbons (Fsp3) is 0.629. The van der Waals surface area contributed by atoms with E-state index in [0.717, 1.165) is 50.0 Å². The summed E-state index contributed by atoms with van der Waals surface area (Å²) in [6, 6.07) is 5.73. The number of carbonyl (C=O) groups excluding carboxylic acids is 3. The first-order chi connectivity index (χ1) is 24.3. The third-order valence-corrected chi connectivity index (χ3v) is 9.89. The molecule has 15 heteroatoms. The number of hydrogen-bond donors (Lipinski definition) is 4. The van der Waals surface area contributed by atoms with Crippen LogP contribution >= 0.6 is 11.3 Å². The summed E-state index contributed by atoms with van der Waals surface area (Å²) in [7, 11) is 1.73. The second-order valence-electron chi connectivity index (χ2n) is 12.4. The highest BCUT2D eigenvalue weighted by Crippen LogP contribution is 2.36. The second kappa shape index (κ2) is 20.9. The number of carbonyl (C=O) groups is 4. The number of rotatable bonds is 21. The number of carboxylic acid groups (broad SMARTS) is 1. The molecule has 1 saturated carbocycles. The van der Waals surface area contributed by atoms with Gasteiger partial charge in [-0.1, -0.05) is 31.4 Å². The third-order valence-electron chi connectivity index (χ3n) is 8.95. The van der Waals surface area contributed by atoms with Crippen molar-refractivity contribution in [3.8, 4) is 5.75 Å². The molecule has 1 saturated heterocycles. The van der Waals surface area contributed by atoms with Crippen molar-refractivity contribution in [1.29, 1.82) is 0 Å². The van der Waals surface area contributed by atoms with E-state index in [1.807, 2.05) is 4.90 Å². The van der Waals surface area contributed by atoms with Gasteiger partial charge in [-0.15, -0.1) is 11.3 Å². The molecular formula is C35H51N5O9S.